The van der Waals surface area contributed by atoms with Crippen molar-refractivity contribution in [2.45, 2.75) is 45.1 Å². The molecule has 2 aromatic rings. The molecular weight excluding hydrogens is 432 g/mol. The number of ether oxygens (including phenoxy) is 1. The highest BCUT2D eigenvalue weighted by Gasteiger charge is 2.39. The van der Waals surface area contributed by atoms with E-state index in [0.717, 1.165) is 35.1 Å². The molecule has 34 heavy (non-hydrogen) atoms. The molecule has 7 nitrogen and oxygen atoms in total. The van der Waals surface area contributed by atoms with Gasteiger partial charge in [-0.1, -0.05) is 75.2 Å². The number of carbonyl (C=O) groups excluding carboxylic acids is 2. The van der Waals surface area contributed by atoms with Crippen molar-refractivity contribution in [1.29, 1.82) is 0 Å². The van der Waals surface area contributed by atoms with Crippen molar-refractivity contribution in [2.24, 2.45) is 11.8 Å². The third-order valence-corrected chi connectivity index (χ3v) is 7.02. The summed E-state index contributed by atoms with van der Waals surface area (Å²) in [7, 11) is 0. The Labute approximate surface area is 200 Å². The number of hydrogen-bond acceptors (Lipinski definition) is 4. The van der Waals surface area contributed by atoms with Crippen LogP contribution >= 0.6 is 0 Å². The molecule has 1 saturated heterocycles. The predicted octanol–water partition coefficient (Wildman–Crippen LogP) is 4.26. The number of carbonyl (C=O) groups is 3. The molecule has 180 valence electrons. The number of aliphatic carboxylic acids is 1. The fourth-order valence-corrected chi connectivity index (χ4v) is 5.14. The molecule has 1 aliphatic heterocycles. The van der Waals surface area contributed by atoms with Crippen LogP contribution in [0.15, 0.2) is 48.5 Å². The topological polar surface area (TPSA) is 95.9 Å². The standard InChI is InChI=1S/C27H32N2O5/c1-3-4-13-24(25(30)29-14-17(2)22(15-29)26(31)32)28-27(33)34-16-23-20-11-7-5-9-18(20)19-10-6-8-12-21(19)23/h5-12,17,22-24H,3-4,13-16H2,1-2H3,(H,28,33)(H,31,32)/t17-,22-,24?/m1/s1. The fraction of sp³-hybridized carbons (Fsp3) is 0.444. The largest absolute Gasteiger partial charge is 0.481 e. The number of nitrogens with zero attached hydrogens (tertiary/aromatic N) is 1. The normalized spacial score (nSPS) is 19.9. The van der Waals surface area contributed by atoms with E-state index < -0.39 is 24.0 Å². The molecule has 0 spiro atoms. The summed E-state index contributed by atoms with van der Waals surface area (Å²) < 4.78 is 5.63. The molecule has 2 N–H and O–H groups in total. The average molecular weight is 465 g/mol. The SMILES string of the molecule is CCCCC(NC(=O)OCC1c2ccccc2-c2ccccc21)C(=O)N1C[C@@H](C)[C@H](C(=O)O)C1. The molecule has 1 unspecified atom stereocenters. The Hall–Kier alpha value is -3.35. The third-order valence-electron chi connectivity index (χ3n) is 7.02. The zero-order chi connectivity index (χ0) is 24.2. The first-order valence-electron chi connectivity index (χ1n) is 12.0. The number of rotatable bonds is 8. The van der Waals surface area contributed by atoms with Crippen LogP contribution in [0.25, 0.3) is 11.1 Å². The Balaban J connectivity index is 1.41. The van der Waals surface area contributed by atoms with Crippen molar-refractivity contribution < 1.29 is 24.2 Å². The van der Waals surface area contributed by atoms with Gasteiger partial charge in [0.25, 0.3) is 0 Å². The average Bonchev–Trinajstić information content (AvgIpc) is 3.38. The monoisotopic (exact) mass is 464 g/mol. The first-order chi connectivity index (χ1) is 16.4. The van der Waals surface area contributed by atoms with Gasteiger partial charge in [-0.3, -0.25) is 9.59 Å². The summed E-state index contributed by atoms with van der Waals surface area (Å²) in [5.41, 5.74) is 4.56. The van der Waals surface area contributed by atoms with Gasteiger partial charge < -0.3 is 20.1 Å². The van der Waals surface area contributed by atoms with Crippen LogP contribution in [-0.2, 0) is 14.3 Å². The summed E-state index contributed by atoms with van der Waals surface area (Å²) in [6.45, 7) is 4.59. The van der Waals surface area contributed by atoms with Crippen LogP contribution in [0.2, 0.25) is 0 Å². The molecule has 2 amide bonds. The summed E-state index contributed by atoms with van der Waals surface area (Å²) >= 11 is 0. The lowest BCUT2D eigenvalue weighted by Gasteiger charge is -2.24. The number of carboxylic acid groups (broad SMARTS) is 1. The molecule has 1 fully saturated rings. The number of likely N-dealkylation sites (tertiary alicyclic amines) is 1. The van der Waals surface area contributed by atoms with Crippen LogP contribution in [0.5, 0.6) is 0 Å². The maximum absolute atomic E-state index is 13.2. The number of alkyl carbamates (subject to hydrolysis) is 1. The molecule has 1 aliphatic carbocycles. The van der Waals surface area contributed by atoms with Gasteiger partial charge in [-0.15, -0.1) is 0 Å². The number of hydrogen-bond donors (Lipinski definition) is 2. The zero-order valence-electron chi connectivity index (χ0n) is 19.7. The minimum Gasteiger partial charge on any atom is -0.481 e. The molecular formula is C27H32N2O5. The number of amides is 2. The summed E-state index contributed by atoms with van der Waals surface area (Å²) in [5.74, 6) is -1.89. The van der Waals surface area contributed by atoms with Crippen molar-refractivity contribution in [3.05, 3.63) is 59.7 Å². The number of fused-ring (bicyclic) bond motifs is 3. The van der Waals surface area contributed by atoms with Crippen LogP contribution < -0.4 is 5.32 Å². The fourth-order valence-electron chi connectivity index (χ4n) is 5.14. The summed E-state index contributed by atoms with van der Waals surface area (Å²) in [6, 6.07) is 15.5. The molecule has 0 aromatic heterocycles. The third kappa shape index (κ3) is 4.79. The molecule has 2 aromatic carbocycles. The molecule has 0 radical (unpaired) electrons. The van der Waals surface area contributed by atoms with E-state index in [2.05, 4.69) is 29.6 Å². The molecule has 2 aliphatic rings. The Morgan fingerprint density at radius 2 is 1.68 bits per heavy atom. The molecule has 4 rings (SSSR count). The maximum atomic E-state index is 13.2. The first-order valence-corrected chi connectivity index (χ1v) is 12.0. The number of carboxylic acids is 1. The Morgan fingerprint density at radius 1 is 1.06 bits per heavy atom. The van der Waals surface area contributed by atoms with Gasteiger partial charge in [0.05, 0.1) is 5.92 Å². The van der Waals surface area contributed by atoms with Crippen molar-refractivity contribution >= 4 is 18.0 Å². The highest BCUT2D eigenvalue weighted by atomic mass is 16.5. The van der Waals surface area contributed by atoms with E-state index in [9.17, 15) is 19.5 Å². The van der Waals surface area contributed by atoms with Gasteiger partial charge in [0, 0.05) is 19.0 Å². The van der Waals surface area contributed by atoms with Gasteiger partial charge in [-0.05, 0) is 34.6 Å². The molecule has 7 heteroatoms. The van der Waals surface area contributed by atoms with E-state index in [4.69, 9.17) is 4.74 Å². The maximum Gasteiger partial charge on any atom is 0.407 e. The van der Waals surface area contributed by atoms with E-state index in [-0.39, 0.29) is 30.9 Å². The number of unbranched alkanes of at least 4 members (excludes halogenated alkanes) is 1. The van der Waals surface area contributed by atoms with Gasteiger partial charge >= 0.3 is 12.1 Å². The van der Waals surface area contributed by atoms with Crippen LogP contribution in [0.4, 0.5) is 4.79 Å². The second-order valence-corrected chi connectivity index (χ2v) is 9.33. The summed E-state index contributed by atoms with van der Waals surface area (Å²) in [4.78, 5) is 38.9. The minimum atomic E-state index is -0.891. The van der Waals surface area contributed by atoms with E-state index in [0.29, 0.717) is 13.0 Å². The van der Waals surface area contributed by atoms with Gasteiger partial charge in [0.1, 0.15) is 12.6 Å². The predicted molar refractivity (Wildman–Crippen MR) is 128 cm³/mol. The van der Waals surface area contributed by atoms with Crippen molar-refractivity contribution in [2.75, 3.05) is 19.7 Å². The lowest BCUT2D eigenvalue weighted by Crippen LogP contribution is -2.48. The molecule has 1 heterocycles. The van der Waals surface area contributed by atoms with Crippen molar-refractivity contribution in [1.82, 2.24) is 10.2 Å². The minimum absolute atomic E-state index is 0.0568. The Morgan fingerprint density at radius 3 is 2.24 bits per heavy atom. The second kappa shape index (κ2) is 10.3. The van der Waals surface area contributed by atoms with Crippen LogP contribution in [0.1, 0.15) is 50.2 Å². The van der Waals surface area contributed by atoms with E-state index in [1.807, 2.05) is 38.1 Å². The second-order valence-electron chi connectivity index (χ2n) is 9.33. The smallest absolute Gasteiger partial charge is 0.407 e. The first kappa shape index (κ1) is 23.8. The quantitative estimate of drug-likeness (QED) is 0.609. The van der Waals surface area contributed by atoms with Crippen LogP contribution in [-0.4, -0.2) is 53.7 Å². The van der Waals surface area contributed by atoms with Gasteiger partial charge in [0.2, 0.25) is 5.91 Å². The molecule has 3 atom stereocenters. The van der Waals surface area contributed by atoms with E-state index in [1.54, 1.807) is 4.90 Å². The molecule has 0 bridgehead atoms. The van der Waals surface area contributed by atoms with E-state index in [1.165, 1.54) is 0 Å². The zero-order valence-corrected chi connectivity index (χ0v) is 19.7. The van der Waals surface area contributed by atoms with Crippen LogP contribution in [0, 0.1) is 11.8 Å². The lowest BCUT2D eigenvalue weighted by atomic mass is 9.98. The van der Waals surface area contributed by atoms with E-state index >= 15 is 0 Å². The van der Waals surface area contributed by atoms with Gasteiger partial charge in [-0.25, -0.2) is 4.79 Å². The van der Waals surface area contributed by atoms with Gasteiger partial charge in [0.15, 0.2) is 0 Å². The highest BCUT2D eigenvalue weighted by Crippen LogP contribution is 2.44. The highest BCUT2D eigenvalue weighted by molar-refractivity contribution is 5.87. The van der Waals surface area contributed by atoms with Crippen LogP contribution in [0.3, 0.4) is 0 Å². The van der Waals surface area contributed by atoms with Gasteiger partial charge in [-0.2, -0.15) is 0 Å². The summed E-state index contributed by atoms with van der Waals surface area (Å²) in [5, 5.41) is 12.2. The van der Waals surface area contributed by atoms with Crippen molar-refractivity contribution in [3.63, 3.8) is 0 Å². The Bertz CT molecular complexity index is 1020. The Kier molecular flexibility index (Phi) is 7.20. The lowest BCUT2D eigenvalue weighted by molar-refractivity contribution is -0.142. The number of benzene rings is 2. The van der Waals surface area contributed by atoms with Crippen molar-refractivity contribution in [3.8, 4) is 11.1 Å². The molecule has 0 saturated carbocycles. The number of nitrogens with one attached hydrogen (secondary N) is 1. The summed E-state index contributed by atoms with van der Waals surface area (Å²) in [6.07, 6.45) is 1.51.